The average molecular weight is 259 g/mol. The standard InChI is InChI=1S/C14H17N3O2/c1-3-17-13(9-15-16-17)12(14(18)19)8-11-7-5-4-6-10(11)2/h4-7,9,12H,3,8H2,1-2H3,(H,18,19). The fourth-order valence-electron chi connectivity index (χ4n) is 2.16. The second kappa shape index (κ2) is 5.65. The molecule has 5 heteroatoms. The quantitative estimate of drug-likeness (QED) is 0.892. The van der Waals surface area contributed by atoms with Crippen LogP contribution in [0.3, 0.4) is 0 Å². The minimum atomic E-state index is -0.847. The van der Waals surface area contributed by atoms with Crippen LogP contribution in [0.4, 0.5) is 0 Å². The van der Waals surface area contributed by atoms with Gasteiger partial charge in [-0.2, -0.15) is 0 Å². The van der Waals surface area contributed by atoms with Crippen molar-refractivity contribution in [3.63, 3.8) is 0 Å². The molecule has 19 heavy (non-hydrogen) atoms. The van der Waals surface area contributed by atoms with Gasteiger partial charge in [0.1, 0.15) is 5.92 Å². The molecule has 2 aromatic rings. The first kappa shape index (κ1) is 13.3. The maximum atomic E-state index is 11.5. The Morgan fingerprint density at radius 1 is 1.42 bits per heavy atom. The first-order valence-electron chi connectivity index (χ1n) is 6.29. The summed E-state index contributed by atoms with van der Waals surface area (Å²) in [5.41, 5.74) is 2.79. The summed E-state index contributed by atoms with van der Waals surface area (Å²) >= 11 is 0. The maximum absolute atomic E-state index is 11.5. The fraction of sp³-hybridized carbons (Fsp3) is 0.357. The summed E-state index contributed by atoms with van der Waals surface area (Å²) in [5.74, 6) is -1.46. The third-order valence-electron chi connectivity index (χ3n) is 3.29. The number of aromatic nitrogens is 3. The molecular formula is C14H17N3O2. The van der Waals surface area contributed by atoms with E-state index < -0.39 is 11.9 Å². The van der Waals surface area contributed by atoms with Gasteiger partial charge in [0.15, 0.2) is 0 Å². The Morgan fingerprint density at radius 2 is 2.16 bits per heavy atom. The van der Waals surface area contributed by atoms with Gasteiger partial charge >= 0.3 is 5.97 Å². The molecule has 2 rings (SSSR count). The molecule has 0 aliphatic carbocycles. The Balaban J connectivity index is 2.32. The summed E-state index contributed by atoms with van der Waals surface area (Å²) in [6, 6.07) is 7.83. The van der Waals surface area contributed by atoms with Gasteiger partial charge in [0.05, 0.1) is 11.9 Å². The molecule has 0 fully saturated rings. The van der Waals surface area contributed by atoms with E-state index in [1.54, 1.807) is 10.9 Å². The monoisotopic (exact) mass is 259 g/mol. The van der Waals surface area contributed by atoms with Gasteiger partial charge in [-0.3, -0.25) is 4.79 Å². The number of hydrogen-bond donors (Lipinski definition) is 1. The highest BCUT2D eigenvalue weighted by Crippen LogP contribution is 2.22. The summed E-state index contributed by atoms with van der Waals surface area (Å²) in [7, 11) is 0. The lowest BCUT2D eigenvalue weighted by Crippen LogP contribution is -2.19. The van der Waals surface area contributed by atoms with E-state index in [1.165, 1.54) is 0 Å². The number of nitrogens with zero attached hydrogens (tertiary/aromatic N) is 3. The zero-order valence-electron chi connectivity index (χ0n) is 11.1. The molecular weight excluding hydrogens is 242 g/mol. The highest BCUT2D eigenvalue weighted by atomic mass is 16.4. The highest BCUT2D eigenvalue weighted by Gasteiger charge is 2.24. The number of hydrogen-bond acceptors (Lipinski definition) is 3. The lowest BCUT2D eigenvalue weighted by atomic mass is 9.94. The Hall–Kier alpha value is -2.17. The van der Waals surface area contributed by atoms with Crippen LogP contribution in [0.5, 0.6) is 0 Å². The van der Waals surface area contributed by atoms with E-state index in [2.05, 4.69) is 10.3 Å². The number of aliphatic carboxylic acids is 1. The lowest BCUT2D eigenvalue weighted by molar-refractivity contribution is -0.138. The van der Waals surface area contributed by atoms with E-state index >= 15 is 0 Å². The Kier molecular flexibility index (Phi) is 3.94. The predicted molar refractivity (Wildman–Crippen MR) is 71.0 cm³/mol. The van der Waals surface area contributed by atoms with E-state index in [0.717, 1.165) is 11.1 Å². The molecule has 0 saturated carbocycles. The molecule has 1 heterocycles. The topological polar surface area (TPSA) is 68.0 Å². The SMILES string of the molecule is CCn1nncc1C(Cc1ccccc1C)C(=O)O. The second-order valence-corrected chi connectivity index (χ2v) is 4.50. The second-order valence-electron chi connectivity index (χ2n) is 4.50. The van der Waals surface area contributed by atoms with E-state index in [4.69, 9.17) is 0 Å². The van der Waals surface area contributed by atoms with Crippen LogP contribution in [0.1, 0.15) is 29.7 Å². The van der Waals surface area contributed by atoms with Crippen molar-refractivity contribution >= 4 is 5.97 Å². The average Bonchev–Trinajstić information content (AvgIpc) is 2.85. The van der Waals surface area contributed by atoms with E-state index in [-0.39, 0.29) is 0 Å². The maximum Gasteiger partial charge on any atom is 0.312 e. The first-order valence-corrected chi connectivity index (χ1v) is 6.29. The summed E-state index contributed by atoms with van der Waals surface area (Å²) in [5, 5.41) is 17.2. The van der Waals surface area contributed by atoms with Crippen molar-refractivity contribution in [3.8, 4) is 0 Å². The highest BCUT2D eigenvalue weighted by molar-refractivity contribution is 5.75. The van der Waals surface area contributed by atoms with Gasteiger partial charge in [-0.1, -0.05) is 29.5 Å². The van der Waals surface area contributed by atoms with Crippen LogP contribution in [0.25, 0.3) is 0 Å². The largest absolute Gasteiger partial charge is 0.481 e. The lowest BCUT2D eigenvalue weighted by Gasteiger charge is -2.14. The zero-order valence-corrected chi connectivity index (χ0v) is 11.1. The summed E-state index contributed by atoms with van der Waals surface area (Å²) in [6.07, 6.45) is 2.00. The van der Waals surface area contributed by atoms with Gasteiger partial charge in [-0.05, 0) is 31.4 Å². The number of benzene rings is 1. The molecule has 0 amide bonds. The molecule has 1 aromatic heterocycles. The van der Waals surface area contributed by atoms with Crippen LogP contribution in [-0.2, 0) is 17.8 Å². The van der Waals surface area contributed by atoms with Crippen molar-refractivity contribution in [2.75, 3.05) is 0 Å². The number of carbonyl (C=O) groups is 1. The fourth-order valence-corrected chi connectivity index (χ4v) is 2.16. The molecule has 0 radical (unpaired) electrons. The van der Waals surface area contributed by atoms with Crippen LogP contribution in [0.2, 0.25) is 0 Å². The van der Waals surface area contributed by atoms with Gasteiger partial charge in [-0.15, -0.1) is 5.10 Å². The van der Waals surface area contributed by atoms with Crippen molar-refractivity contribution in [2.24, 2.45) is 0 Å². The molecule has 1 N–H and O–H groups in total. The minimum absolute atomic E-state index is 0.454. The number of aryl methyl sites for hydroxylation is 2. The van der Waals surface area contributed by atoms with Gasteiger partial charge < -0.3 is 5.11 Å². The van der Waals surface area contributed by atoms with Crippen LogP contribution >= 0.6 is 0 Å². The van der Waals surface area contributed by atoms with Crippen LogP contribution in [0, 0.1) is 6.92 Å². The van der Waals surface area contributed by atoms with E-state index in [0.29, 0.717) is 18.7 Å². The molecule has 0 aliphatic heterocycles. The normalized spacial score (nSPS) is 12.3. The van der Waals surface area contributed by atoms with Crippen LogP contribution in [0.15, 0.2) is 30.5 Å². The van der Waals surface area contributed by atoms with Crippen LogP contribution < -0.4 is 0 Å². The van der Waals surface area contributed by atoms with E-state index in [1.807, 2.05) is 38.1 Å². The number of carboxylic acid groups (broad SMARTS) is 1. The molecule has 0 spiro atoms. The molecule has 100 valence electrons. The Bertz CT molecular complexity index is 578. The molecule has 5 nitrogen and oxygen atoms in total. The molecule has 0 aliphatic rings. The third kappa shape index (κ3) is 2.81. The Labute approximate surface area is 111 Å². The third-order valence-corrected chi connectivity index (χ3v) is 3.29. The van der Waals surface area contributed by atoms with Gasteiger partial charge in [0.25, 0.3) is 0 Å². The summed E-state index contributed by atoms with van der Waals surface area (Å²) < 4.78 is 1.64. The van der Waals surface area contributed by atoms with Crippen molar-refractivity contribution in [1.29, 1.82) is 0 Å². The van der Waals surface area contributed by atoms with Crippen molar-refractivity contribution in [1.82, 2.24) is 15.0 Å². The van der Waals surface area contributed by atoms with Crippen molar-refractivity contribution in [2.45, 2.75) is 32.7 Å². The molecule has 0 bridgehead atoms. The zero-order chi connectivity index (χ0) is 13.8. The van der Waals surface area contributed by atoms with E-state index in [9.17, 15) is 9.90 Å². The minimum Gasteiger partial charge on any atom is -0.481 e. The van der Waals surface area contributed by atoms with Crippen LogP contribution in [-0.4, -0.2) is 26.1 Å². The Morgan fingerprint density at radius 3 is 2.79 bits per heavy atom. The number of rotatable bonds is 5. The summed E-state index contributed by atoms with van der Waals surface area (Å²) in [6.45, 7) is 4.53. The molecule has 0 saturated heterocycles. The predicted octanol–water partition coefficient (Wildman–Crippen LogP) is 2.02. The molecule has 1 unspecified atom stereocenters. The van der Waals surface area contributed by atoms with Crippen molar-refractivity contribution in [3.05, 3.63) is 47.3 Å². The smallest absolute Gasteiger partial charge is 0.312 e. The van der Waals surface area contributed by atoms with Crippen molar-refractivity contribution < 1.29 is 9.90 Å². The van der Waals surface area contributed by atoms with Gasteiger partial charge in [0.2, 0.25) is 0 Å². The summed E-state index contributed by atoms with van der Waals surface area (Å²) in [4.78, 5) is 11.5. The van der Waals surface area contributed by atoms with Gasteiger partial charge in [-0.25, -0.2) is 4.68 Å². The van der Waals surface area contributed by atoms with Gasteiger partial charge in [0, 0.05) is 6.54 Å². The number of carboxylic acids is 1. The first-order chi connectivity index (χ1) is 9.13. The molecule has 1 atom stereocenters. The molecule has 1 aromatic carbocycles.